The molecule has 166 valence electrons. The smallest absolute Gasteiger partial charge is 0.317 e. The summed E-state index contributed by atoms with van der Waals surface area (Å²) in [5.74, 6) is 1.15. The maximum absolute atomic E-state index is 12.8. The van der Waals surface area contributed by atoms with Crippen molar-refractivity contribution < 1.29 is 4.79 Å². The van der Waals surface area contributed by atoms with Crippen LogP contribution in [-0.4, -0.2) is 60.1 Å². The summed E-state index contributed by atoms with van der Waals surface area (Å²) in [5, 5.41) is 7.23. The van der Waals surface area contributed by atoms with Gasteiger partial charge in [-0.25, -0.2) is 4.79 Å². The molecular weight excluding hydrogens is 372 g/mol. The van der Waals surface area contributed by atoms with Crippen molar-refractivity contribution in [1.29, 1.82) is 0 Å². The third-order valence-electron chi connectivity index (χ3n) is 7.65. The van der Waals surface area contributed by atoms with E-state index in [9.17, 15) is 4.79 Å². The summed E-state index contributed by atoms with van der Waals surface area (Å²) in [6, 6.07) is 8.37. The first kappa shape index (κ1) is 21.5. The molecule has 2 aliphatic heterocycles. The maximum atomic E-state index is 12.8. The first-order valence-electron chi connectivity index (χ1n) is 12.3. The summed E-state index contributed by atoms with van der Waals surface area (Å²) >= 11 is 0. The normalized spacial score (nSPS) is 29.7. The second-order valence-electron chi connectivity index (χ2n) is 9.41. The average molecular weight is 413 g/mol. The van der Waals surface area contributed by atoms with Crippen LogP contribution < -0.4 is 10.6 Å². The van der Waals surface area contributed by atoms with Crippen molar-refractivity contribution in [1.82, 2.24) is 15.1 Å². The van der Waals surface area contributed by atoms with Gasteiger partial charge in [0.1, 0.15) is 0 Å². The van der Waals surface area contributed by atoms with E-state index < -0.39 is 0 Å². The lowest BCUT2D eigenvalue weighted by Gasteiger charge is -2.49. The number of carbonyl (C=O) groups excluding carboxylic acids is 1. The van der Waals surface area contributed by atoms with E-state index in [1.54, 1.807) is 11.1 Å². The molecule has 1 aromatic rings. The molecule has 2 heterocycles. The molecule has 0 spiro atoms. The van der Waals surface area contributed by atoms with Gasteiger partial charge < -0.3 is 15.5 Å². The molecule has 0 radical (unpaired) electrons. The topological polar surface area (TPSA) is 47.6 Å². The van der Waals surface area contributed by atoms with Crippen molar-refractivity contribution in [2.24, 2.45) is 0 Å². The monoisotopic (exact) mass is 412 g/mol. The molecule has 30 heavy (non-hydrogen) atoms. The van der Waals surface area contributed by atoms with E-state index in [1.807, 2.05) is 4.90 Å². The highest BCUT2D eigenvalue weighted by Gasteiger charge is 2.47. The molecule has 0 aromatic heterocycles. The Balaban J connectivity index is 1.61. The summed E-state index contributed by atoms with van der Waals surface area (Å²) in [7, 11) is 0. The highest BCUT2D eigenvalue weighted by Crippen LogP contribution is 2.52. The molecule has 5 atom stereocenters. The van der Waals surface area contributed by atoms with E-state index in [0.717, 1.165) is 39.0 Å². The minimum absolute atomic E-state index is 0.0940. The first-order chi connectivity index (χ1) is 14.6. The Morgan fingerprint density at radius 1 is 1.13 bits per heavy atom. The van der Waals surface area contributed by atoms with E-state index >= 15 is 0 Å². The number of urea groups is 1. The van der Waals surface area contributed by atoms with E-state index in [4.69, 9.17) is 0 Å². The second-order valence-corrected chi connectivity index (χ2v) is 9.41. The van der Waals surface area contributed by atoms with Gasteiger partial charge in [-0.15, -0.1) is 0 Å². The molecule has 0 saturated carbocycles. The first-order valence-corrected chi connectivity index (χ1v) is 12.3. The van der Waals surface area contributed by atoms with Gasteiger partial charge in [0.2, 0.25) is 0 Å². The van der Waals surface area contributed by atoms with Crippen LogP contribution in [0, 0.1) is 0 Å². The van der Waals surface area contributed by atoms with Gasteiger partial charge in [0.05, 0.1) is 0 Å². The number of carbonyl (C=O) groups is 1. The predicted molar refractivity (Wildman–Crippen MR) is 124 cm³/mol. The van der Waals surface area contributed by atoms with Crippen LogP contribution in [0.4, 0.5) is 10.5 Å². The summed E-state index contributed by atoms with van der Waals surface area (Å²) in [6.45, 7) is 12.3. The van der Waals surface area contributed by atoms with Gasteiger partial charge in [0.25, 0.3) is 0 Å². The number of rotatable bonds is 7. The summed E-state index contributed by atoms with van der Waals surface area (Å²) in [4.78, 5) is 17.3. The van der Waals surface area contributed by atoms with Crippen LogP contribution in [0.1, 0.15) is 82.8 Å². The molecular formula is C25H40N4O. The zero-order valence-corrected chi connectivity index (χ0v) is 19.3. The molecule has 5 heteroatoms. The molecule has 2 amide bonds. The zero-order valence-electron chi connectivity index (χ0n) is 19.3. The number of hydrogen-bond acceptors (Lipinski definition) is 3. The summed E-state index contributed by atoms with van der Waals surface area (Å²) < 4.78 is 0. The van der Waals surface area contributed by atoms with E-state index in [2.05, 4.69) is 61.4 Å². The average Bonchev–Trinajstić information content (AvgIpc) is 3.09. The second kappa shape index (κ2) is 9.17. The molecule has 1 saturated heterocycles. The highest BCUT2D eigenvalue weighted by molar-refractivity contribution is 5.74. The van der Waals surface area contributed by atoms with Gasteiger partial charge in [0, 0.05) is 55.3 Å². The number of piperidine rings is 1. The van der Waals surface area contributed by atoms with Crippen molar-refractivity contribution in [3.8, 4) is 0 Å². The fourth-order valence-electron chi connectivity index (χ4n) is 6.36. The molecule has 0 bridgehead atoms. The van der Waals surface area contributed by atoms with Crippen LogP contribution in [0.25, 0.3) is 0 Å². The van der Waals surface area contributed by atoms with Crippen LogP contribution >= 0.6 is 0 Å². The van der Waals surface area contributed by atoms with Crippen molar-refractivity contribution in [3.63, 3.8) is 0 Å². The third kappa shape index (κ3) is 3.81. The standard InChI is InChI=1S/C25H40N4O/c1-5-10-21-20-15-23-19(18-11-9-12-22(27-21)24(18)20)14-17(16-29(23)13-6-2)26-25(30)28(7-3)8-4/h9,11-12,17,19-21,23,27H,5-8,10,13-16H2,1-4H3,(H,26,30)/t17-,19?,20?,21?,23+/m0/s1. The Labute approximate surface area is 182 Å². The largest absolute Gasteiger partial charge is 0.381 e. The molecule has 1 fully saturated rings. The molecule has 4 rings (SSSR count). The van der Waals surface area contributed by atoms with Gasteiger partial charge in [-0.2, -0.15) is 0 Å². The minimum Gasteiger partial charge on any atom is -0.381 e. The van der Waals surface area contributed by atoms with Crippen molar-refractivity contribution in [3.05, 3.63) is 29.3 Å². The maximum Gasteiger partial charge on any atom is 0.317 e. The fourth-order valence-corrected chi connectivity index (χ4v) is 6.36. The molecule has 3 aliphatic rings. The Morgan fingerprint density at radius 3 is 2.63 bits per heavy atom. The number of likely N-dealkylation sites (tertiary alicyclic amines) is 1. The molecule has 3 unspecified atom stereocenters. The lowest BCUT2D eigenvalue weighted by atomic mass is 9.68. The molecule has 1 aliphatic carbocycles. The molecule has 5 nitrogen and oxygen atoms in total. The predicted octanol–water partition coefficient (Wildman–Crippen LogP) is 4.76. The Morgan fingerprint density at radius 2 is 1.93 bits per heavy atom. The summed E-state index contributed by atoms with van der Waals surface area (Å²) in [5.41, 5.74) is 4.50. The lowest BCUT2D eigenvalue weighted by Crippen LogP contribution is -2.58. The fraction of sp³-hybridized carbons (Fsp3) is 0.720. The van der Waals surface area contributed by atoms with E-state index in [0.29, 0.717) is 23.9 Å². The number of hydrogen-bond donors (Lipinski definition) is 2. The Bertz CT molecular complexity index is 747. The van der Waals surface area contributed by atoms with Crippen LogP contribution in [0.2, 0.25) is 0 Å². The highest BCUT2D eigenvalue weighted by atomic mass is 16.2. The van der Waals surface area contributed by atoms with Gasteiger partial charge >= 0.3 is 6.03 Å². The van der Waals surface area contributed by atoms with Gasteiger partial charge in [-0.1, -0.05) is 32.4 Å². The number of amides is 2. The van der Waals surface area contributed by atoms with E-state index in [-0.39, 0.29) is 12.1 Å². The molecule has 1 aromatic carbocycles. The number of anilines is 1. The minimum atomic E-state index is 0.0940. The van der Waals surface area contributed by atoms with Crippen molar-refractivity contribution in [2.75, 3.05) is 31.5 Å². The van der Waals surface area contributed by atoms with Crippen LogP contribution in [0.15, 0.2) is 18.2 Å². The quantitative estimate of drug-likeness (QED) is 0.679. The SMILES string of the molecule is CCCC1Nc2cccc3c2C1C[C@@H]1C3C[C@H](NC(=O)N(CC)CC)CN1CCC. The number of nitrogens with one attached hydrogen (secondary N) is 2. The lowest BCUT2D eigenvalue weighted by molar-refractivity contribution is 0.0811. The number of fused-ring (bicyclic) bond motifs is 2. The Hall–Kier alpha value is -1.75. The van der Waals surface area contributed by atoms with Gasteiger partial charge in [-0.3, -0.25) is 4.90 Å². The third-order valence-corrected chi connectivity index (χ3v) is 7.65. The zero-order chi connectivity index (χ0) is 21.3. The summed E-state index contributed by atoms with van der Waals surface area (Å²) in [6.07, 6.45) is 5.94. The van der Waals surface area contributed by atoms with Crippen molar-refractivity contribution >= 4 is 11.7 Å². The van der Waals surface area contributed by atoms with Crippen molar-refractivity contribution in [2.45, 2.75) is 89.8 Å². The molecule has 2 N–H and O–H groups in total. The van der Waals surface area contributed by atoms with Gasteiger partial charge in [0.15, 0.2) is 0 Å². The number of benzene rings is 1. The van der Waals surface area contributed by atoms with Crippen LogP contribution in [0.3, 0.4) is 0 Å². The Kier molecular flexibility index (Phi) is 6.57. The number of nitrogens with zero attached hydrogens (tertiary/aromatic N) is 2. The van der Waals surface area contributed by atoms with E-state index in [1.165, 1.54) is 24.9 Å². The van der Waals surface area contributed by atoms with Gasteiger partial charge in [-0.05, 0) is 63.3 Å². The van der Waals surface area contributed by atoms with Crippen LogP contribution in [-0.2, 0) is 0 Å². The van der Waals surface area contributed by atoms with Crippen LogP contribution in [0.5, 0.6) is 0 Å².